The fourth-order valence-electron chi connectivity index (χ4n) is 2.34. The van der Waals surface area contributed by atoms with Crippen molar-refractivity contribution in [1.29, 1.82) is 0 Å². The van der Waals surface area contributed by atoms with Crippen LogP contribution in [0.4, 0.5) is 8.78 Å². The molecule has 22 heavy (non-hydrogen) atoms. The first-order chi connectivity index (χ1) is 10.5. The number of halogens is 2. The highest BCUT2D eigenvalue weighted by Crippen LogP contribution is 2.23. The molecule has 2 unspecified atom stereocenters. The van der Waals surface area contributed by atoms with Crippen molar-refractivity contribution < 1.29 is 18.6 Å². The molecule has 0 bridgehead atoms. The number of aliphatic hydroxyl groups is 1. The van der Waals surface area contributed by atoms with Crippen molar-refractivity contribution in [3.05, 3.63) is 65.2 Å². The maximum atomic E-state index is 13.3. The van der Waals surface area contributed by atoms with Gasteiger partial charge in [0.2, 0.25) is 0 Å². The van der Waals surface area contributed by atoms with E-state index in [-0.39, 0.29) is 18.7 Å². The number of methoxy groups -OCH3 is 1. The summed E-state index contributed by atoms with van der Waals surface area (Å²) in [5.41, 5.74) is 1.32. The summed E-state index contributed by atoms with van der Waals surface area (Å²) >= 11 is 0. The SMILES string of the molecule is COc1cccc(C(CO)NC(C)c2cc(F)cc(F)c2)c1. The van der Waals surface area contributed by atoms with Crippen LogP contribution in [0.5, 0.6) is 5.75 Å². The Morgan fingerprint density at radius 3 is 2.36 bits per heavy atom. The van der Waals surface area contributed by atoms with Gasteiger partial charge < -0.3 is 15.2 Å². The van der Waals surface area contributed by atoms with Crippen LogP contribution < -0.4 is 10.1 Å². The zero-order chi connectivity index (χ0) is 16.1. The van der Waals surface area contributed by atoms with Crippen LogP contribution in [-0.4, -0.2) is 18.8 Å². The second-order valence-corrected chi connectivity index (χ2v) is 5.10. The van der Waals surface area contributed by atoms with Crippen LogP contribution in [-0.2, 0) is 0 Å². The van der Waals surface area contributed by atoms with E-state index in [0.717, 1.165) is 11.6 Å². The molecule has 2 N–H and O–H groups in total. The summed E-state index contributed by atoms with van der Waals surface area (Å²) in [6.07, 6.45) is 0. The second-order valence-electron chi connectivity index (χ2n) is 5.10. The quantitative estimate of drug-likeness (QED) is 0.860. The van der Waals surface area contributed by atoms with E-state index in [1.54, 1.807) is 14.0 Å². The third kappa shape index (κ3) is 4.02. The number of nitrogens with one attached hydrogen (secondary N) is 1. The Hall–Kier alpha value is -1.98. The largest absolute Gasteiger partial charge is 0.497 e. The summed E-state index contributed by atoms with van der Waals surface area (Å²) in [4.78, 5) is 0. The molecule has 0 aliphatic carbocycles. The normalized spacial score (nSPS) is 13.7. The first kappa shape index (κ1) is 16.4. The van der Waals surface area contributed by atoms with Crippen LogP contribution in [0.15, 0.2) is 42.5 Å². The van der Waals surface area contributed by atoms with Gasteiger partial charge in [-0.3, -0.25) is 0 Å². The van der Waals surface area contributed by atoms with Gasteiger partial charge in [0.25, 0.3) is 0 Å². The van der Waals surface area contributed by atoms with E-state index >= 15 is 0 Å². The molecule has 0 saturated heterocycles. The third-order valence-electron chi connectivity index (χ3n) is 3.51. The van der Waals surface area contributed by atoms with Gasteiger partial charge in [-0.2, -0.15) is 0 Å². The second kappa shape index (κ2) is 7.33. The van der Waals surface area contributed by atoms with Crippen molar-refractivity contribution in [3.63, 3.8) is 0 Å². The average Bonchev–Trinajstić information content (AvgIpc) is 2.51. The Morgan fingerprint density at radius 2 is 1.77 bits per heavy atom. The minimum Gasteiger partial charge on any atom is -0.497 e. The van der Waals surface area contributed by atoms with E-state index in [9.17, 15) is 13.9 Å². The van der Waals surface area contributed by atoms with Crippen LogP contribution >= 0.6 is 0 Å². The van der Waals surface area contributed by atoms with Crippen molar-refractivity contribution in [1.82, 2.24) is 5.32 Å². The highest BCUT2D eigenvalue weighted by molar-refractivity contribution is 5.31. The molecule has 0 radical (unpaired) electrons. The van der Waals surface area contributed by atoms with E-state index in [0.29, 0.717) is 11.3 Å². The molecule has 3 nitrogen and oxygen atoms in total. The Morgan fingerprint density at radius 1 is 1.09 bits per heavy atom. The van der Waals surface area contributed by atoms with Gasteiger partial charge in [-0.15, -0.1) is 0 Å². The number of ether oxygens (including phenoxy) is 1. The van der Waals surface area contributed by atoms with Crippen molar-refractivity contribution in [2.45, 2.75) is 19.0 Å². The van der Waals surface area contributed by atoms with Gasteiger partial charge in [-0.1, -0.05) is 12.1 Å². The zero-order valence-corrected chi connectivity index (χ0v) is 12.5. The molecule has 0 aromatic heterocycles. The smallest absolute Gasteiger partial charge is 0.126 e. The van der Waals surface area contributed by atoms with Crippen molar-refractivity contribution in [2.24, 2.45) is 0 Å². The molecule has 0 saturated carbocycles. The monoisotopic (exact) mass is 307 g/mol. The Labute approximate surface area is 128 Å². The first-order valence-electron chi connectivity index (χ1n) is 7.00. The number of hydrogen-bond donors (Lipinski definition) is 2. The fourth-order valence-corrected chi connectivity index (χ4v) is 2.34. The van der Waals surface area contributed by atoms with Gasteiger partial charge in [0, 0.05) is 12.1 Å². The molecule has 5 heteroatoms. The van der Waals surface area contributed by atoms with Crippen LogP contribution in [0.2, 0.25) is 0 Å². The van der Waals surface area contributed by atoms with Crippen LogP contribution in [0.3, 0.4) is 0 Å². The zero-order valence-electron chi connectivity index (χ0n) is 12.5. The molecule has 0 fully saturated rings. The molecule has 2 aromatic rings. The summed E-state index contributed by atoms with van der Waals surface area (Å²) in [7, 11) is 1.57. The molecular weight excluding hydrogens is 288 g/mol. The molecule has 0 aliphatic rings. The predicted molar refractivity (Wildman–Crippen MR) is 80.7 cm³/mol. The average molecular weight is 307 g/mol. The number of hydrogen-bond acceptors (Lipinski definition) is 3. The van der Waals surface area contributed by atoms with Gasteiger partial charge >= 0.3 is 0 Å². The van der Waals surface area contributed by atoms with Crippen LogP contribution in [0.25, 0.3) is 0 Å². The van der Waals surface area contributed by atoms with Crippen molar-refractivity contribution in [2.75, 3.05) is 13.7 Å². The minimum absolute atomic E-state index is 0.144. The molecule has 2 aromatic carbocycles. The van der Waals surface area contributed by atoms with E-state index in [4.69, 9.17) is 4.74 Å². The Bertz CT molecular complexity index is 614. The summed E-state index contributed by atoms with van der Waals surface area (Å²) < 4.78 is 31.8. The molecule has 0 amide bonds. The predicted octanol–water partition coefficient (Wildman–Crippen LogP) is 3.36. The summed E-state index contributed by atoms with van der Waals surface area (Å²) in [6, 6.07) is 10.0. The molecule has 0 spiro atoms. The minimum atomic E-state index is -0.620. The first-order valence-corrected chi connectivity index (χ1v) is 7.00. The lowest BCUT2D eigenvalue weighted by Gasteiger charge is -2.23. The van der Waals surface area contributed by atoms with Gasteiger partial charge in [0.15, 0.2) is 0 Å². The van der Waals surface area contributed by atoms with Crippen LogP contribution in [0.1, 0.15) is 30.1 Å². The van der Waals surface area contributed by atoms with Gasteiger partial charge in [-0.05, 0) is 42.3 Å². The lowest BCUT2D eigenvalue weighted by atomic mass is 10.0. The van der Waals surface area contributed by atoms with E-state index in [2.05, 4.69) is 5.32 Å². The highest BCUT2D eigenvalue weighted by atomic mass is 19.1. The van der Waals surface area contributed by atoms with E-state index < -0.39 is 11.6 Å². The van der Waals surface area contributed by atoms with Crippen LogP contribution in [0, 0.1) is 11.6 Å². The standard InChI is InChI=1S/C17H19F2NO2/c1-11(13-6-14(18)9-15(19)7-13)20-17(10-21)12-4-3-5-16(8-12)22-2/h3-9,11,17,20-21H,10H2,1-2H3. The summed E-state index contributed by atoms with van der Waals surface area (Å²) in [6.45, 7) is 1.65. The maximum absolute atomic E-state index is 13.3. The number of rotatable bonds is 6. The summed E-state index contributed by atoms with van der Waals surface area (Å²) in [5.74, 6) is -0.557. The molecule has 2 rings (SSSR count). The molecule has 118 valence electrons. The molecule has 0 aliphatic heterocycles. The Kier molecular flexibility index (Phi) is 5.46. The van der Waals surface area contributed by atoms with E-state index in [1.165, 1.54) is 12.1 Å². The third-order valence-corrected chi connectivity index (χ3v) is 3.51. The molecular formula is C17H19F2NO2. The fraction of sp³-hybridized carbons (Fsp3) is 0.294. The molecule has 2 atom stereocenters. The van der Waals surface area contributed by atoms with E-state index in [1.807, 2.05) is 24.3 Å². The lowest BCUT2D eigenvalue weighted by molar-refractivity contribution is 0.235. The van der Waals surface area contributed by atoms with Crippen molar-refractivity contribution in [3.8, 4) is 5.75 Å². The van der Waals surface area contributed by atoms with Gasteiger partial charge in [0.1, 0.15) is 17.4 Å². The number of benzene rings is 2. The summed E-state index contributed by atoms with van der Waals surface area (Å²) in [5, 5.41) is 12.8. The Balaban J connectivity index is 2.18. The van der Waals surface area contributed by atoms with Crippen molar-refractivity contribution >= 4 is 0 Å². The maximum Gasteiger partial charge on any atom is 0.126 e. The molecule has 0 heterocycles. The lowest BCUT2D eigenvalue weighted by Crippen LogP contribution is -2.27. The highest BCUT2D eigenvalue weighted by Gasteiger charge is 2.16. The van der Waals surface area contributed by atoms with Gasteiger partial charge in [-0.25, -0.2) is 8.78 Å². The topological polar surface area (TPSA) is 41.5 Å². The number of aliphatic hydroxyl groups excluding tert-OH is 1. The van der Waals surface area contributed by atoms with Gasteiger partial charge in [0.05, 0.1) is 19.8 Å².